The standard InChI is InChI=1S/C12H27N/c1-11(2,3)9-8-10(13-7)12(4,5)6/h10,13H,8-9H2,1-7H3. The van der Waals surface area contributed by atoms with Crippen molar-refractivity contribution in [3.8, 4) is 0 Å². The third-order valence-corrected chi connectivity index (χ3v) is 2.58. The molecular formula is C12H27N. The van der Waals surface area contributed by atoms with Gasteiger partial charge >= 0.3 is 0 Å². The molecule has 0 radical (unpaired) electrons. The summed E-state index contributed by atoms with van der Waals surface area (Å²) in [7, 11) is 2.07. The Labute approximate surface area is 84.3 Å². The van der Waals surface area contributed by atoms with Gasteiger partial charge in [-0.05, 0) is 30.7 Å². The molecule has 0 rings (SSSR count). The lowest BCUT2D eigenvalue weighted by Gasteiger charge is -2.32. The first-order valence-corrected chi connectivity index (χ1v) is 5.34. The van der Waals surface area contributed by atoms with Crippen molar-refractivity contribution < 1.29 is 0 Å². The fourth-order valence-electron chi connectivity index (χ4n) is 1.59. The van der Waals surface area contributed by atoms with Crippen molar-refractivity contribution in [2.45, 2.75) is 60.4 Å². The summed E-state index contributed by atoms with van der Waals surface area (Å²) in [4.78, 5) is 0. The molecule has 0 aliphatic rings. The molecule has 0 heterocycles. The highest BCUT2D eigenvalue weighted by Gasteiger charge is 2.24. The molecule has 80 valence electrons. The second-order valence-electron chi connectivity index (χ2n) is 6.31. The zero-order valence-electron chi connectivity index (χ0n) is 10.5. The summed E-state index contributed by atoms with van der Waals surface area (Å²) in [6.45, 7) is 13.8. The summed E-state index contributed by atoms with van der Waals surface area (Å²) in [5.41, 5.74) is 0.834. The lowest BCUT2D eigenvalue weighted by molar-refractivity contribution is 0.233. The molecule has 0 amide bonds. The lowest BCUT2D eigenvalue weighted by atomic mass is 9.80. The molecule has 0 bridgehead atoms. The van der Waals surface area contributed by atoms with Crippen LogP contribution in [-0.2, 0) is 0 Å². The Morgan fingerprint density at radius 1 is 1.00 bits per heavy atom. The number of hydrogen-bond acceptors (Lipinski definition) is 1. The van der Waals surface area contributed by atoms with Gasteiger partial charge in [-0.15, -0.1) is 0 Å². The molecule has 1 atom stereocenters. The highest BCUT2D eigenvalue weighted by molar-refractivity contribution is 4.80. The second kappa shape index (κ2) is 4.45. The molecule has 1 nitrogen and oxygen atoms in total. The van der Waals surface area contributed by atoms with Crippen LogP contribution < -0.4 is 5.32 Å². The van der Waals surface area contributed by atoms with E-state index in [0.717, 1.165) is 0 Å². The van der Waals surface area contributed by atoms with Crippen molar-refractivity contribution in [2.75, 3.05) is 7.05 Å². The van der Waals surface area contributed by atoms with Gasteiger partial charge in [-0.3, -0.25) is 0 Å². The van der Waals surface area contributed by atoms with Gasteiger partial charge in [0.2, 0.25) is 0 Å². The Kier molecular flexibility index (Phi) is 4.44. The van der Waals surface area contributed by atoms with Crippen molar-refractivity contribution in [3.05, 3.63) is 0 Å². The predicted octanol–water partition coefficient (Wildman–Crippen LogP) is 3.45. The summed E-state index contributed by atoms with van der Waals surface area (Å²) in [5.74, 6) is 0. The normalized spacial score (nSPS) is 15.9. The molecule has 0 aliphatic heterocycles. The van der Waals surface area contributed by atoms with Crippen molar-refractivity contribution in [1.29, 1.82) is 0 Å². The molecule has 1 N–H and O–H groups in total. The van der Waals surface area contributed by atoms with Gasteiger partial charge in [-0.1, -0.05) is 41.5 Å². The molecule has 0 aromatic rings. The van der Waals surface area contributed by atoms with Crippen LogP contribution in [-0.4, -0.2) is 13.1 Å². The average Bonchev–Trinajstić information content (AvgIpc) is 1.82. The zero-order chi connectivity index (χ0) is 10.7. The van der Waals surface area contributed by atoms with Gasteiger partial charge < -0.3 is 5.32 Å². The van der Waals surface area contributed by atoms with E-state index in [1.54, 1.807) is 0 Å². The summed E-state index contributed by atoms with van der Waals surface area (Å²) in [6.07, 6.45) is 2.55. The highest BCUT2D eigenvalue weighted by Crippen LogP contribution is 2.28. The van der Waals surface area contributed by atoms with Crippen molar-refractivity contribution in [1.82, 2.24) is 5.32 Å². The van der Waals surface area contributed by atoms with Crippen LogP contribution in [0.4, 0.5) is 0 Å². The molecule has 0 saturated carbocycles. The van der Waals surface area contributed by atoms with Crippen LogP contribution in [0.3, 0.4) is 0 Å². The molecule has 0 spiro atoms. The first-order chi connectivity index (χ1) is 5.67. The van der Waals surface area contributed by atoms with Gasteiger partial charge in [-0.25, -0.2) is 0 Å². The van der Waals surface area contributed by atoms with Gasteiger partial charge in [0, 0.05) is 6.04 Å². The quantitative estimate of drug-likeness (QED) is 0.710. The van der Waals surface area contributed by atoms with Gasteiger partial charge in [0.25, 0.3) is 0 Å². The molecule has 0 fully saturated rings. The maximum atomic E-state index is 3.41. The Bertz CT molecular complexity index is 136. The third-order valence-electron chi connectivity index (χ3n) is 2.58. The third kappa shape index (κ3) is 6.09. The lowest BCUT2D eigenvalue weighted by Crippen LogP contribution is -2.38. The molecule has 0 aromatic heterocycles. The molecule has 0 aromatic carbocycles. The first kappa shape index (κ1) is 13.0. The number of hydrogen-bond donors (Lipinski definition) is 1. The number of nitrogens with one attached hydrogen (secondary N) is 1. The van der Waals surface area contributed by atoms with Gasteiger partial charge in [-0.2, -0.15) is 0 Å². The Morgan fingerprint density at radius 3 is 1.69 bits per heavy atom. The van der Waals surface area contributed by atoms with Crippen LogP contribution in [0.15, 0.2) is 0 Å². The minimum Gasteiger partial charge on any atom is -0.316 e. The van der Waals surface area contributed by atoms with Crippen LogP contribution in [0.25, 0.3) is 0 Å². The van der Waals surface area contributed by atoms with E-state index in [-0.39, 0.29) is 0 Å². The molecule has 13 heavy (non-hydrogen) atoms. The first-order valence-electron chi connectivity index (χ1n) is 5.34. The van der Waals surface area contributed by atoms with E-state index in [4.69, 9.17) is 0 Å². The van der Waals surface area contributed by atoms with Gasteiger partial charge in [0.05, 0.1) is 0 Å². The van der Waals surface area contributed by atoms with Gasteiger partial charge in [0.1, 0.15) is 0 Å². The fourth-order valence-corrected chi connectivity index (χ4v) is 1.59. The van der Waals surface area contributed by atoms with E-state index < -0.39 is 0 Å². The predicted molar refractivity (Wildman–Crippen MR) is 61.0 cm³/mol. The van der Waals surface area contributed by atoms with Crippen LogP contribution in [0.2, 0.25) is 0 Å². The van der Waals surface area contributed by atoms with Crippen molar-refractivity contribution in [2.24, 2.45) is 10.8 Å². The smallest absolute Gasteiger partial charge is 0.0113 e. The van der Waals surface area contributed by atoms with E-state index in [0.29, 0.717) is 16.9 Å². The summed E-state index contributed by atoms with van der Waals surface area (Å²) in [5, 5.41) is 3.41. The molecule has 1 unspecified atom stereocenters. The van der Waals surface area contributed by atoms with E-state index in [1.807, 2.05) is 0 Å². The summed E-state index contributed by atoms with van der Waals surface area (Å²) >= 11 is 0. The maximum absolute atomic E-state index is 3.41. The van der Waals surface area contributed by atoms with Crippen LogP contribution in [0.5, 0.6) is 0 Å². The topological polar surface area (TPSA) is 12.0 Å². The molecule has 0 aliphatic carbocycles. The summed E-state index contributed by atoms with van der Waals surface area (Å²) in [6, 6.07) is 0.631. The summed E-state index contributed by atoms with van der Waals surface area (Å²) < 4.78 is 0. The second-order valence-corrected chi connectivity index (χ2v) is 6.31. The number of rotatable bonds is 3. The van der Waals surface area contributed by atoms with E-state index >= 15 is 0 Å². The molecule has 0 saturated heterocycles. The minimum atomic E-state index is 0.375. The van der Waals surface area contributed by atoms with E-state index in [9.17, 15) is 0 Å². The zero-order valence-corrected chi connectivity index (χ0v) is 10.5. The SMILES string of the molecule is CNC(CCC(C)(C)C)C(C)(C)C. The Balaban J connectivity index is 4.02. The van der Waals surface area contributed by atoms with Crippen molar-refractivity contribution >= 4 is 0 Å². The largest absolute Gasteiger partial charge is 0.316 e. The van der Waals surface area contributed by atoms with Crippen molar-refractivity contribution in [3.63, 3.8) is 0 Å². The van der Waals surface area contributed by atoms with Crippen LogP contribution in [0, 0.1) is 10.8 Å². The van der Waals surface area contributed by atoms with Crippen LogP contribution >= 0.6 is 0 Å². The molecular weight excluding hydrogens is 158 g/mol. The fraction of sp³-hybridized carbons (Fsp3) is 1.00. The minimum absolute atomic E-state index is 0.375. The van der Waals surface area contributed by atoms with E-state index in [1.165, 1.54) is 12.8 Å². The van der Waals surface area contributed by atoms with Gasteiger partial charge in [0.15, 0.2) is 0 Å². The van der Waals surface area contributed by atoms with E-state index in [2.05, 4.69) is 53.9 Å². The van der Waals surface area contributed by atoms with Crippen LogP contribution in [0.1, 0.15) is 54.4 Å². The Morgan fingerprint density at radius 2 is 1.46 bits per heavy atom. The maximum Gasteiger partial charge on any atom is 0.0113 e. The molecule has 1 heteroatoms. The Hall–Kier alpha value is -0.0400. The average molecular weight is 185 g/mol. The highest BCUT2D eigenvalue weighted by atomic mass is 14.9. The monoisotopic (exact) mass is 185 g/mol.